The number of nitrogens with two attached hydrogens (primary N) is 1. The molecule has 0 aliphatic carbocycles. The first kappa shape index (κ1) is 23.9. The topological polar surface area (TPSA) is 129 Å². The maximum Gasteiger partial charge on any atom is 0.323 e. The van der Waals surface area contributed by atoms with E-state index in [1.807, 2.05) is 32.0 Å². The normalized spacial score (nSPS) is 15.2. The summed E-state index contributed by atoms with van der Waals surface area (Å²) in [4.78, 5) is 41.6. The molecule has 10 nitrogen and oxygen atoms in total. The molecule has 10 heteroatoms. The number of hydrogen-bond donors (Lipinski definition) is 4. The summed E-state index contributed by atoms with van der Waals surface area (Å²) >= 11 is 0. The first-order valence-corrected chi connectivity index (χ1v) is 10.7. The zero-order valence-electron chi connectivity index (χ0n) is 19.1. The number of methoxy groups -OCH3 is 1. The van der Waals surface area contributed by atoms with Crippen molar-refractivity contribution in [1.82, 2.24) is 15.1 Å². The van der Waals surface area contributed by atoms with Crippen molar-refractivity contribution in [3.8, 4) is 5.75 Å². The minimum atomic E-state index is -1.11. The molecular weight excluding hydrogens is 424 g/mol. The monoisotopic (exact) mass is 454 g/mol. The van der Waals surface area contributed by atoms with Gasteiger partial charge in [0.05, 0.1) is 7.11 Å². The Morgan fingerprint density at radius 1 is 0.939 bits per heavy atom. The molecule has 1 atom stereocenters. The summed E-state index contributed by atoms with van der Waals surface area (Å²) in [5.41, 5.74) is 8.68. The van der Waals surface area contributed by atoms with E-state index in [2.05, 4.69) is 16.0 Å². The molecule has 5 N–H and O–H groups in total. The molecule has 2 aromatic rings. The van der Waals surface area contributed by atoms with E-state index in [4.69, 9.17) is 10.5 Å². The fourth-order valence-electron chi connectivity index (χ4n) is 3.74. The average molecular weight is 455 g/mol. The van der Waals surface area contributed by atoms with Crippen molar-refractivity contribution >= 4 is 29.3 Å². The highest BCUT2D eigenvalue weighted by Gasteiger charge is 2.42. The molecule has 0 radical (unpaired) electrons. The number of ether oxygens (including phenoxy) is 1. The fraction of sp³-hybridized carbons (Fsp3) is 0.348. The van der Waals surface area contributed by atoms with Gasteiger partial charge in [-0.05, 0) is 61.4 Å². The van der Waals surface area contributed by atoms with E-state index in [1.54, 1.807) is 31.4 Å². The third-order valence-electron chi connectivity index (χ3n) is 5.19. The van der Waals surface area contributed by atoms with E-state index < -0.39 is 24.1 Å². The number of hydrogen-bond acceptors (Lipinski definition) is 5. The predicted octanol–water partition coefficient (Wildman–Crippen LogP) is 2.09. The van der Waals surface area contributed by atoms with Crippen molar-refractivity contribution in [3.05, 3.63) is 53.6 Å². The van der Waals surface area contributed by atoms with Gasteiger partial charge in [-0.25, -0.2) is 9.59 Å². The Morgan fingerprint density at radius 2 is 1.48 bits per heavy atom. The first-order chi connectivity index (χ1) is 15.8. The van der Waals surface area contributed by atoms with E-state index in [9.17, 15) is 14.4 Å². The maximum absolute atomic E-state index is 13.1. The van der Waals surface area contributed by atoms with E-state index in [0.717, 1.165) is 11.1 Å². The minimum absolute atomic E-state index is 0.197. The maximum atomic E-state index is 13.1. The predicted molar refractivity (Wildman–Crippen MR) is 126 cm³/mol. The van der Waals surface area contributed by atoms with Crippen LogP contribution in [-0.2, 0) is 4.79 Å². The lowest BCUT2D eigenvalue weighted by Crippen LogP contribution is -2.55. The van der Waals surface area contributed by atoms with Crippen LogP contribution in [0.15, 0.2) is 42.5 Å². The van der Waals surface area contributed by atoms with Crippen LogP contribution in [0.5, 0.6) is 5.75 Å². The van der Waals surface area contributed by atoms with Gasteiger partial charge in [0, 0.05) is 37.6 Å². The van der Waals surface area contributed by atoms with Crippen LogP contribution in [0.3, 0.4) is 0 Å². The second kappa shape index (κ2) is 10.7. The molecule has 0 bridgehead atoms. The van der Waals surface area contributed by atoms with E-state index in [-0.39, 0.29) is 26.2 Å². The number of nitrogens with one attached hydrogen (secondary N) is 3. The summed E-state index contributed by atoms with van der Waals surface area (Å²) in [7, 11) is 1.56. The van der Waals surface area contributed by atoms with E-state index in [0.29, 0.717) is 17.1 Å². The number of urea groups is 2. The summed E-state index contributed by atoms with van der Waals surface area (Å²) < 4.78 is 5.13. The van der Waals surface area contributed by atoms with E-state index in [1.165, 1.54) is 9.80 Å². The third kappa shape index (κ3) is 5.92. The fourth-order valence-corrected chi connectivity index (χ4v) is 3.74. The lowest BCUT2D eigenvalue weighted by Gasteiger charge is -2.29. The Balaban J connectivity index is 1.77. The number of rotatable bonds is 6. The molecule has 1 heterocycles. The summed E-state index contributed by atoms with van der Waals surface area (Å²) in [5, 5.41) is 8.29. The van der Waals surface area contributed by atoms with Gasteiger partial charge in [0.25, 0.3) is 5.91 Å². The summed E-state index contributed by atoms with van der Waals surface area (Å²) in [6.45, 7) is 4.75. The number of amides is 5. The molecule has 5 amide bonds. The third-order valence-corrected chi connectivity index (χ3v) is 5.19. The molecule has 2 aromatic carbocycles. The largest absolute Gasteiger partial charge is 0.497 e. The smallest absolute Gasteiger partial charge is 0.323 e. The van der Waals surface area contributed by atoms with Gasteiger partial charge in [-0.2, -0.15) is 0 Å². The number of aryl methyl sites for hydroxylation is 2. The lowest BCUT2D eigenvalue weighted by molar-refractivity contribution is -0.127. The summed E-state index contributed by atoms with van der Waals surface area (Å²) in [5.74, 6) is 0.181. The van der Waals surface area contributed by atoms with Crippen LogP contribution in [0.4, 0.5) is 21.0 Å². The summed E-state index contributed by atoms with van der Waals surface area (Å²) in [6.07, 6.45) is -1.11. The van der Waals surface area contributed by atoms with Gasteiger partial charge >= 0.3 is 12.1 Å². The number of anilines is 2. The molecule has 1 unspecified atom stereocenters. The first-order valence-electron chi connectivity index (χ1n) is 10.7. The van der Waals surface area contributed by atoms with Gasteiger partial charge < -0.3 is 26.4 Å². The molecule has 1 saturated heterocycles. The van der Waals surface area contributed by atoms with Crippen molar-refractivity contribution in [2.45, 2.75) is 20.0 Å². The zero-order valence-corrected chi connectivity index (χ0v) is 19.1. The molecule has 3 rings (SSSR count). The quantitative estimate of drug-likeness (QED) is 0.531. The Kier molecular flexibility index (Phi) is 7.73. The summed E-state index contributed by atoms with van der Waals surface area (Å²) in [6, 6.07) is 11.6. The number of nitrogens with zero attached hydrogens (tertiary/aromatic N) is 2. The molecule has 0 aromatic heterocycles. The second-order valence-corrected chi connectivity index (χ2v) is 7.81. The van der Waals surface area contributed by atoms with Crippen LogP contribution in [0.2, 0.25) is 0 Å². The number of carbonyl (C=O) groups excluding carboxylic acids is 3. The van der Waals surface area contributed by atoms with Gasteiger partial charge in [-0.3, -0.25) is 14.6 Å². The van der Waals surface area contributed by atoms with Crippen LogP contribution < -0.4 is 26.4 Å². The SMILES string of the molecule is COc1ccc(NC(=O)N2CCN(C(=O)Nc3cc(C)cc(C)c3)C2C(=O)NCCN)cc1. The van der Waals surface area contributed by atoms with Crippen molar-refractivity contribution in [2.75, 3.05) is 43.9 Å². The highest BCUT2D eigenvalue weighted by atomic mass is 16.5. The minimum Gasteiger partial charge on any atom is -0.497 e. The molecule has 1 aliphatic rings. The van der Waals surface area contributed by atoms with Crippen LogP contribution >= 0.6 is 0 Å². The average Bonchev–Trinajstić information content (AvgIpc) is 3.23. The Bertz CT molecular complexity index is 990. The van der Waals surface area contributed by atoms with Gasteiger partial charge in [-0.15, -0.1) is 0 Å². The second-order valence-electron chi connectivity index (χ2n) is 7.81. The van der Waals surface area contributed by atoms with Crippen LogP contribution in [-0.4, -0.2) is 67.2 Å². The van der Waals surface area contributed by atoms with Gasteiger partial charge in [0.2, 0.25) is 0 Å². The zero-order chi connectivity index (χ0) is 24.0. The molecular formula is C23H30N6O4. The van der Waals surface area contributed by atoms with Crippen molar-refractivity contribution in [2.24, 2.45) is 5.73 Å². The number of carbonyl (C=O) groups is 3. The highest BCUT2D eigenvalue weighted by molar-refractivity contribution is 5.98. The van der Waals surface area contributed by atoms with Crippen LogP contribution in [0, 0.1) is 13.8 Å². The molecule has 33 heavy (non-hydrogen) atoms. The van der Waals surface area contributed by atoms with Gasteiger partial charge in [-0.1, -0.05) is 6.07 Å². The van der Waals surface area contributed by atoms with Crippen LogP contribution in [0.25, 0.3) is 0 Å². The Labute approximate surface area is 193 Å². The van der Waals surface area contributed by atoms with Gasteiger partial charge in [0.1, 0.15) is 5.75 Å². The van der Waals surface area contributed by atoms with Crippen molar-refractivity contribution in [1.29, 1.82) is 0 Å². The Hall–Kier alpha value is -3.79. The molecule has 1 fully saturated rings. The molecule has 0 spiro atoms. The van der Waals surface area contributed by atoms with E-state index >= 15 is 0 Å². The standard InChI is InChI=1S/C23H30N6O4/c1-15-12-16(2)14-18(13-15)27-23(32)29-11-10-28(21(29)20(30)25-9-8-24)22(31)26-17-4-6-19(33-3)7-5-17/h4-7,12-14,21H,8-11,24H2,1-3H3,(H,25,30)(H,26,31)(H,27,32). The van der Waals surface area contributed by atoms with Crippen molar-refractivity contribution in [3.63, 3.8) is 0 Å². The molecule has 1 aliphatic heterocycles. The molecule has 0 saturated carbocycles. The molecule has 176 valence electrons. The van der Waals surface area contributed by atoms with Crippen LogP contribution in [0.1, 0.15) is 11.1 Å². The van der Waals surface area contributed by atoms with Gasteiger partial charge in [0.15, 0.2) is 6.17 Å². The van der Waals surface area contributed by atoms with Crippen molar-refractivity contribution < 1.29 is 19.1 Å². The lowest BCUT2D eigenvalue weighted by atomic mass is 10.1. The highest BCUT2D eigenvalue weighted by Crippen LogP contribution is 2.21. The number of benzene rings is 2. The Morgan fingerprint density at radius 3 is 2.00 bits per heavy atom.